The van der Waals surface area contributed by atoms with E-state index in [1.54, 1.807) is 39.7 Å². The van der Waals surface area contributed by atoms with Crippen molar-refractivity contribution in [2.45, 2.75) is 216 Å². The van der Waals surface area contributed by atoms with E-state index in [1.165, 1.54) is 91.7 Å². The number of aromatic amines is 4. The number of likely N-dealkylation sites (N-methyl/N-ethyl adjacent to an activating group) is 2. The number of benzene rings is 4. The number of hydrogen-bond donors (Lipinski definition) is 8. The number of ether oxygens (including phenoxy) is 7. The van der Waals surface area contributed by atoms with E-state index in [1.807, 2.05) is 6.07 Å². The number of amides is 1. The fourth-order valence-electron chi connectivity index (χ4n) is 18.4. The van der Waals surface area contributed by atoms with Crippen LogP contribution in [0.1, 0.15) is 212 Å². The number of rotatable bonds is 62. The number of nitrogens with two attached hydrogens (primary N) is 4. The number of nitrogen functional groups attached to an aromatic ring is 4. The van der Waals surface area contributed by atoms with E-state index in [0.29, 0.717) is 148 Å². The lowest BCUT2D eigenvalue weighted by atomic mass is 10.0. The normalized spacial score (nSPS) is 13.2. The number of fused-ring (bicyclic) bond motifs is 12. The molecule has 147 heavy (non-hydrogen) atoms. The van der Waals surface area contributed by atoms with Crippen LogP contribution in [-0.4, -0.2) is 322 Å². The third-order valence-corrected chi connectivity index (χ3v) is 27.5. The maximum Gasteiger partial charge on any atom is 0.225 e. The van der Waals surface area contributed by atoms with Crippen LogP contribution in [0.25, 0.3) is 87.5 Å². The number of H-pyrrole nitrogens is 4. The molecule has 0 aliphatic carbocycles. The van der Waals surface area contributed by atoms with E-state index in [9.17, 15) is 24.0 Å². The molecule has 2 fully saturated rings. The lowest BCUT2D eigenvalue weighted by Crippen LogP contribution is -2.47. The molecule has 4 aromatic carbocycles. The highest BCUT2D eigenvalue weighted by atomic mass is 16.5. The predicted molar refractivity (Wildman–Crippen MR) is 599 cm³/mol. The minimum Gasteiger partial charge on any atom is -0.383 e. The number of methoxy groups -OCH3 is 1. The van der Waals surface area contributed by atoms with Crippen molar-refractivity contribution in [2.75, 3.05) is 252 Å². The zero-order chi connectivity index (χ0) is 104. The van der Waals surface area contributed by atoms with Gasteiger partial charge < -0.3 is 108 Å². The maximum absolute atomic E-state index is 12.8. The molecule has 14 rings (SSSR count). The summed E-state index contributed by atoms with van der Waals surface area (Å²) in [5.41, 5.74) is 42.0. The van der Waals surface area contributed by atoms with Crippen molar-refractivity contribution in [3.8, 4) is 0 Å². The van der Waals surface area contributed by atoms with Gasteiger partial charge in [0.15, 0.2) is 0 Å². The Bertz CT molecular complexity index is 6060. The lowest BCUT2D eigenvalue weighted by molar-refractivity contribution is -0.891. The van der Waals surface area contributed by atoms with Crippen molar-refractivity contribution in [2.24, 2.45) is 0 Å². The average Bonchev–Trinajstić information content (AvgIpc) is 1.64. The van der Waals surface area contributed by atoms with E-state index < -0.39 is 0 Å². The number of carbonyl (C=O) groups excluding carboxylic acids is 5. The first-order valence-electron chi connectivity index (χ1n) is 53.9. The Morgan fingerprint density at radius 1 is 0.361 bits per heavy atom. The van der Waals surface area contributed by atoms with Crippen molar-refractivity contribution in [1.82, 2.24) is 69.4 Å². The summed E-state index contributed by atoms with van der Waals surface area (Å²) in [6, 6.07) is 30.3. The minimum atomic E-state index is -0.00444. The number of carbonyl (C=O) groups is 5. The summed E-state index contributed by atoms with van der Waals surface area (Å²) in [5, 5.41) is 6.45. The molecule has 2 saturated heterocycles. The SMILES string of the molecule is CCCCc1cc2c(N)nc3cc(CCCCCN(C)CCOCCC(C)=O)ccc3c2[nH]1.CCCCc1cc2c(N)nc3cc(CCCCC[N+](C)(C)CCOCCC(C)=O)ccc3c2[nH]1.CCCCc1nc2c([nH]1)c(N)nc1ccc(N3CCN(CCOCCC(C)=O)CC3)cc12.CCCCc1nc2c([nH]1)c(N)nc1ccc(N3CCN(CCOCCN(CCOCCC(C)=O)C(=O)CCOCCOC)CC3)cc12.[CH3-]. The van der Waals surface area contributed by atoms with Crippen molar-refractivity contribution in [3.05, 3.63) is 127 Å². The summed E-state index contributed by atoms with van der Waals surface area (Å²) in [6.45, 7) is 36.2. The van der Waals surface area contributed by atoms with Crippen LogP contribution < -0.4 is 32.7 Å². The Morgan fingerprint density at radius 3 is 1.20 bits per heavy atom. The molecule has 806 valence electrons. The second-order valence-electron chi connectivity index (χ2n) is 40.1. The van der Waals surface area contributed by atoms with E-state index in [0.717, 1.165) is 266 Å². The van der Waals surface area contributed by atoms with Crippen LogP contribution in [0.3, 0.4) is 0 Å². The van der Waals surface area contributed by atoms with Gasteiger partial charge in [0.1, 0.15) is 86.7 Å². The number of aromatic nitrogens is 10. The molecule has 33 nitrogen and oxygen atoms in total. The monoisotopic (exact) mass is 2030 g/mol. The molecule has 0 unspecified atom stereocenters. The second-order valence-corrected chi connectivity index (χ2v) is 40.1. The molecule has 12 N–H and O–H groups in total. The molecule has 2 aliphatic rings. The summed E-state index contributed by atoms with van der Waals surface area (Å²) < 4.78 is 39.6. The Balaban J connectivity index is 0.000000203. The number of quaternary nitrogens is 1. The number of nitrogens with one attached hydrogen (secondary N) is 4. The van der Waals surface area contributed by atoms with Crippen LogP contribution in [0, 0.1) is 7.43 Å². The van der Waals surface area contributed by atoms with E-state index in [2.05, 4.69) is 182 Å². The number of nitrogens with zero attached hydrogens (tertiary/aromatic N) is 13. The third kappa shape index (κ3) is 38.2. The molecule has 0 bridgehead atoms. The molecule has 8 aromatic heterocycles. The molecule has 10 heterocycles. The number of imidazole rings is 2. The molecule has 1 amide bonds. The van der Waals surface area contributed by atoms with Crippen LogP contribution >= 0.6 is 0 Å². The van der Waals surface area contributed by atoms with Gasteiger partial charge in [0.25, 0.3) is 0 Å². The van der Waals surface area contributed by atoms with Gasteiger partial charge in [-0.05, 0) is 197 Å². The number of aryl methyl sites for hydroxylation is 6. The van der Waals surface area contributed by atoms with Crippen LogP contribution in [0.4, 0.5) is 34.6 Å². The van der Waals surface area contributed by atoms with Gasteiger partial charge >= 0.3 is 0 Å². The largest absolute Gasteiger partial charge is 0.383 e. The highest BCUT2D eigenvalue weighted by Crippen LogP contribution is 2.36. The van der Waals surface area contributed by atoms with Gasteiger partial charge in [-0.25, -0.2) is 29.9 Å². The Kier molecular flexibility index (Phi) is 50.1. The molecule has 2 aliphatic heterocycles. The zero-order valence-electron chi connectivity index (χ0n) is 90.8. The summed E-state index contributed by atoms with van der Waals surface area (Å²) in [7, 11) is 8.25. The topological polar surface area (TPSA) is 414 Å². The Hall–Kier alpha value is -10.9. The smallest absolute Gasteiger partial charge is 0.225 e. The Morgan fingerprint density at radius 2 is 0.762 bits per heavy atom. The molecule has 0 radical (unpaired) electrons. The van der Waals surface area contributed by atoms with Crippen LogP contribution in [0.2, 0.25) is 0 Å². The first-order chi connectivity index (χ1) is 70.7. The number of Topliss-reactive ketones (excluding diaryl/α,β-unsaturated/α-hetero) is 4. The predicted octanol–water partition coefficient (Wildman–Crippen LogP) is 17.4. The second kappa shape index (κ2) is 62.5. The Labute approximate surface area is 871 Å². The van der Waals surface area contributed by atoms with Gasteiger partial charge in [-0.2, -0.15) is 0 Å². The first kappa shape index (κ1) is 118. The minimum absolute atomic E-state index is 0. The van der Waals surface area contributed by atoms with E-state index in [-0.39, 0.29) is 42.9 Å². The molecule has 12 aromatic rings. The van der Waals surface area contributed by atoms with Crippen LogP contribution in [0.15, 0.2) is 84.9 Å². The highest BCUT2D eigenvalue weighted by molar-refractivity contribution is 6.11. The fourth-order valence-corrected chi connectivity index (χ4v) is 18.4. The fraction of sp³-hybridized carbons (Fsp3) is 0.579. The summed E-state index contributed by atoms with van der Waals surface area (Å²) in [6.07, 6.45) is 24.5. The number of piperazine rings is 2. The van der Waals surface area contributed by atoms with Crippen molar-refractivity contribution < 1.29 is 61.6 Å². The van der Waals surface area contributed by atoms with Crippen LogP contribution in [-0.2, 0) is 95.7 Å². The molecular formula is C114H173N21O12. The average molecular weight is 2030 g/mol. The van der Waals surface area contributed by atoms with Crippen molar-refractivity contribution in [1.29, 1.82) is 0 Å². The maximum atomic E-state index is 12.8. The quantitative estimate of drug-likeness (QED) is 0.00997. The number of anilines is 6. The summed E-state index contributed by atoms with van der Waals surface area (Å²) in [5.74, 6) is 4.80. The van der Waals surface area contributed by atoms with Gasteiger partial charge in [0.2, 0.25) is 5.91 Å². The summed E-state index contributed by atoms with van der Waals surface area (Å²) in [4.78, 5) is 113. The van der Waals surface area contributed by atoms with E-state index in [4.69, 9.17) is 76.0 Å². The lowest BCUT2D eigenvalue weighted by Gasteiger charge is -2.36. The molecule has 0 saturated carbocycles. The van der Waals surface area contributed by atoms with Gasteiger partial charge in [0.05, 0.1) is 146 Å². The number of pyridine rings is 4. The van der Waals surface area contributed by atoms with Gasteiger partial charge in [-0.15, -0.1) is 0 Å². The number of hydrogen-bond acceptors (Lipinski definition) is 27. The van der Waals surface area contributed by atoms with Gasteiger partial charge in [0, 0.05) is 186 Å². The van der Waals surface area contributed by atoms with Crippen LogP contribution in [0.5, 0.6) is 0 Å². The first-order valence-corrected chi connectivity index (χ1v) is 53.9. The number of unbranched alkanes of at least 4 members (excludes halogenated alkanes) is 8. The standard InChI is InChI=1S/C34H53N7O6.C28H43N4O2.C27H40N4O2.C24H34N6O2.CH3/c1-4-5-6-30-37-32-28-25-27(7-8-29(28)36-34(35)33(32)38-30)40-13-11-39(12-14-40)15-20-47-22-17-41(16-21-45-18-9-26(2)42)31(43)10-19-46-24-23-44-3;1-5-6-11-23-20-25-27(30-23)24-13-12-22(19-26(24)31-28(25)29)10-8-7-9-15-32(3,4)16-18-34-17-14-21(2)33;1-4-5-10-22-19-24-26(29-22)23-12-11-21(18-25(23)30-27(24)28)9-7-6-8-14-31(3)15-17-33-16-13-20(2)32;1-3-4-5-21-27-22-19-16-18(6-7-20(19)26-24(25)23(22)28-21)30-11-9-29(10-12-30)13-15-32-14-8-17(2)31;/h7-8,25H,4-6,9-24H2,1-3H3,(H2,35,36)(H,37,38);12-13,19-20,30H,5-11,14-18H2,1-4H3,(H2,29,31);11-12,18-19,29H,4-10,13-17H2,1-3H3,(H2,28,30);6-7,16H,3-5,8-15H2,1-2H3,(H2,25,26)(H,27,28);1H3/q;+1;;;-1. The molecule has 0 spiro atoms. The molecule has 0 atom stereocenters. The highest BCUT2D eigenvalue weighted by Gasteiger charge is 2.25. The zero-order valence-corrected chi connectivity index (χ0v) is 90.8. The third-order valence-electron chi connectivity index (χ3n) is 27.5. The van der Waals surface area contributed by atoms with E-state index >= 15 is 0 Å². The molecular weight excluding hydrogens is 1860 g/mol. The van der Waals surface area contributed by atoms with Gasteiger partial charge in [-0.1, -0.05) is 84.1 Å². The van der Waals surface area contributed by atoms with Crippen molar-refractivity contribution >= 4 is 151 Å². The number of ketones is 4. The molecule has 33 heteroatoms. The van der Waals surface area contributed by atoms with Crippen molar-refractivity contribution in [3.63, 3.8) is 0 Å². The summed E-state index contributed by atoms with van der Waals surface area (Å²) >= 11 is 0. The van der Waals surface area contributed by atoms with Gasteiger partial charge in [-0.3, -0.25) is 33.8 Å².